The van der Waals surface area contributed by atoms with E-state index in [-0.39, 0.29) is 23.3 Å². The second-order valence-corrected chi connectivity index (χ2v) is 20.5. The zero-order valence-electron chi connectivity index (χ0n) is 41.0. The Hall–Kier alpha value is -9.16. The number of halogens is 12. The number of fused-ring (bicyclic) bond motifs is 6. The van der Waals surface area contributed by atoms with Crippen molar-refractivity contribution in [2.75, 3.05) is 0 Å². The smallest absolute Gasteiger partial charge is 0.166 e. The van der Waals surface area contributed by atoms with Crippen molar-refractivity contribution in [2.45, 2.75) is 24.7 Å². The van der Waals surface area contributed by atoms with E-state index >= 15 is 26.3 Å². The van der Waals surface area contributed by atoms with E-state index in [1.807, 2.05) is 121 Å². The summed E-state index contributed by atoms with van der Waals surface area (Å²) in [5.74, 6) is 0. The summed E-state index contributed by atoms with van der Waals surface area (Å²) in [4.78, 5) is 0. The van der Waals surface area contributed by atoms with E-state index in [1.165, 1.54) is 0 Å². The Morgan fingerprint density at radius 1 is 0.225 bits per heavy atom. The zero-order chi connectivity index (χ0) is 55.1. The third-order valence-corrected chi connectivity index (χ3v) is 16.4. The monoisotopic (exact) mass is 1080 g/mol. The summed E-state index contributed by atoms with van der Waals surface area (Å²) < 4.78 is 178. The molecule has 13 aromatic rings. The van der Waals surface area contributed by atoms with E-state index in [2.05, 4.69) is 0 Å². The van der Waals surface area contributed by atoms with Crippen LogP contribution in [0.4, 0.5) is 52.7 Å². The molecule has 0 fully saturated rings. The maximum Gasteiger partial charge on any atom is 0.417 e. The standard InChI is InChI=1S/C68H32F12/c69-65(70,71)35-19-21-45(51(31-35)67(75,76)77)57-39-17-9-7-15-37(39)53(33-11-3-1-4-12-33)61-47-27-23-41-42-24-28-48-60-50(30-26-44(56(42)60)43-25-29-49(63(57)61)59(47)55(41)43)64-58(46-22-20-36(66(72,73)74)32-52(46)68(78,79)80)40-18-10-8-16-38(40)54(62(48)64)34-13-5-2-6-14-34/h1-32H. The number of rotatable bonds is 4. The Bertz CT molecular complexity index is 4980. The molecule has 0 radical (unpaired) electrons. The van der Waals surface area contributed by atoms with E-state index in [1.54, 1.807) is 36.4 Å². The first-order valence-corrected chi connectivity index (χ1v) is 25.4. The molecule has 0 aliphatic heterocycles. The van der Waals surface area contributed by atoms with Gasteiger partial charge in [-0.1, -0.05) is 170 Å². The summed E-state index contributed by atoms with van der Waals surface area (Å²) in [6.07, 6.45) is -20.5. The largest absolute Gasteiger partial charge is 0.417 e. The van der Waals surface area contributed by atoms with E-state index in [0.717, 1.165) is 77.5 Å². The van der Waals surface area contributed by atoms with E-state index in [4.69, 9.17) is 0 Å². The highest BCUT2D eigenvalue weighted by atomic mass is 19.4. The molecular formula is C68H32F12. The molecule has 2 aliphatic rings. The number of hydrogen-bond donors (Lipinski definition) is 0. The van der Waals surface area contributed by atoms with E-state index in [0.29, 0.717) is 75.4 Å². The molecule has 0 bridgehead atoms. The van der Waals surface area contributed by atoms with Crippen molar-refractivity contribution < 1.29 is 52.7 Å². The fourth-order valence-electron chi connectivity index (χ4n) is 13.4. The highest BCUT2D eigenvalue weighted by Gasteiger charge is 2.41. The molecule has 80 heavy (non-hydrogen) atoms. The van der Waals surface area contributed by atoms with Crippen LogP contribution in [-0.2, 0) is 24.7 Å². The first-order valence-electron chi connectivity index (χ1n) is 25.4. The van der Waals surface area contributed by atoms with Gasteiger partial charge in [0.1, 0.15) is 0 Å². The van der Waals surface area contributed by atoms with Gasteiger partial charge in [0.15, 0.2) is 0 Å². The van der Waals surface area contributed by atoms with Crippen molar-refractivity contribution in [3.8, 4) is 44.5 Å². The fraction of sp³-hybridized carbons (Fsp3) is 0.0588. The Morgan fingerprint density at radius 2 is 0.512 bits per heavy atom. The van der Waals surface area contributed by atoms with Gasteiger partial charge >= 0.3 is 24.7 Å². The van der Waals surface area contributed by atoms with Crippen molar-refractivity contribution in [1.29, 1.82) is 0 Å². The lowest BCUT2D eigenvalue weighted by atomic mass is 9.86. The molecule has 0 spiro atoms. The number of benzene rings is 13. The number of alkyl halides is 12. The predicted octanol–water partition coefficient (Wildman–Crippen LogP) is 20.6. The minimum Gasteiger partial charge on any atom is -0.166 e. The summed E-state index contributed by atoms with van der Waals surface area (Å²) in [6, 6.07) is 51.6. The molecule has 0 atom stereocenters. The predicted molar refractivity (Wildman–Crippen MR) is 288 cm³/mol. The van der Waals surface area contributed by atoms with Crippen molar-refractivity contribution in [1.82, 2.24) is 0 Å². The quantitative estimate of drug-likeness (QED) is 0.0936. The van der Waals surface area contributed by atoms with Crippen molar-refractivity contribution >= 4 is 64.6 Å². The van der Waals surface area contributed by atoms with Gasteiger partial charge in [-0.3, -0.25) is 0 Å². The lowest BCUT2D eigenvalue weighted by molar-refractivity contribution is -0.144. The highest BCUT2D eigenvalue weighted by Crippen LogP contribution is 2.52. The van der Waals surface area contributed by atoms with Gasteiger partial charge in [0, 0.05) is 0 Å². The third-order valence-electron chi connectivity index (χ3n) is 16.4. The summed E-state index contributed by atoms with van der Waals surface area (Å²) in [6.45, 7) is 0. The van der Waals surface area contributed by atoms with Gasteiger partial charge in [-0.15, -0.1) is 0 Å². The molecule has 13 aromatic carbocycles. The minimum atomic E-state index is -5.20. The summed E-state index contributed by atoms with van der Waals surface area (Å²) in [5, 5.41) is 12.6. The van der Waals surface area contributed by atoms with E-state index in [9.17, 15) is 26.3 Å². The van der Waals surface area contributed by atoms with E-state index < -0.39 is 58.1 Å². The first kappa shape index (κ1) is 48.0. The van der Waals surface area contributed by atoms with Gasteiger partial charge in [0.25, 0.3) is 0 Å². The molecular weight excluding hydrogens is 1040 g/mol. The third kappa shape index (κ3) is 6.62. The molecule has 0 saturated carbocycles. The highest BCUT2D eigenvalue weighted by molar-refractivity contribution is 6.33. The maximum absolute atomic E-state index is 15.4. The summed E-state index contributed by atoms with van der Waals surface area (Å²) >= 11 is 0. The lowest BCUT2D eigenvalue weighted by Gasteiger charge is -2.20. The molecule has 0 amide bonds. The van der Waals surface area contributed by atoms with Crippen LogP contribution in [0.2, 0.25) is 0 Å². The van der Waals surface area contributed by atoms with Gasteiger partial charge in [-0.25, -0.2) is 0 Å². The minimum absolute atomic E-state index is 0.125. The average molecular weight is 1080 g/mol. The van der Waals surface area contributed by atoms with Crippen LogP contribution >= 0.6 is 0 Å². The number of hydrogen-bond acceptors (Lipinski definition) is 0. The molecule has 0 aromatic heterocycles. The molecule has 388 valence electrons. The van der Waals surface area contributed by atoms with Crippen LogP contribution in [0.5, 0.6) is 0 Å². The molecule has 12 heteroatoms. The summed E-state index contributed by atoms with van der Waals surface area (Å²) in [5.41, 5.74) is -3.34. The second kappa shape index (κ2) is 16.2. The molecule has 0 N–H and O–H groups in total. The van der Waals surface area contributed by atoms with Gasteiger partial charge in [0.05, 0.1) is 22.3 Å². The van der Waals surface area contributed by atoms with Crippen LogP contribution in [0.15, 0.2) is 194 Å². The molecule has 0 nitrogen and oxygen atoms in total. The summed E-state index contributed by atoms with van der Waals surface area (Å²) in [7, 11) is 0. The van der Waals surface area contributed by atoms with Crippen LogP contribution in [0.1, 0.15) is 22.3 Å². The van der Waals surface area contributed by atoms with Crippen LogP contribution in [0.25, 0.3) is 109 Å². The van der Waals surface area contributed by atoms with Crippen molar-refractivity contribution in [3.05, 3.63) is 258 Å². The molecule has 0 heterocycles. The second-order valence-electron chi connectivity index (χ2n) is 20.5. The first-order chi connectivity index (χ1) is 38.3. The maximum atomic E-state index is 15.4. The average Bonchev–Trinajstić information content (AvgIpc) is 3.65. The Morgan fingerprint density at radius 3 is 0.812 bits per heavy atom. The van der Waals surface area contributed by atoms with Gasteiger partial charge in [0.2, 0.25) is 0 Å². The van der Waals surface area contributed by atoms with Crippen molar-refractivity contribution in [2.24, 2.45) is 0 Å². The Balaban J connectivity index is 1.15. The molecule has 0 saturated heterocycles. The SMILES string of the molecule is FC(F)(F)c1ccc(-c2c3c(c(-c4ccccc4)c4ccccc24)=c2ccc4c5ccc6c7c(ccc(c8ccc=3c2c48)c75)=c2c(-c3ccc(C(F)(F)F)cc3C(F)(F)F)c3ccccc3c(-c3ccccc3)c2=6)c(C(F)(F)F)c1. The van der Waals surface area contributed by atoms with Gasteiger partial charge in [-0.05, 0) is 175 Å². The molecule has 15 rings (SSSR count). The van der Waals surface area contributed by atoms with Crippen LogP contribution in [-0.4, -0.2) is 0 Å². The lowest BCUT2D eigenvalue weighted by Crippen LogP contribution is -2.12. The zero-order valence-corrected chi connectivity index (χ0v) is 41.0. The van der Waals surface area contributed by atoms with Crippen molar-refractivity contribution in [3.63, 3.8) is 0 Å². The van der Waals surface area contributed by atoms with Gasteiger partial charge in [-0.2, -0.15) is 52.7 Å². The van der Waals surface area contributed by atoms with Crippen LogP contribution in [0, 0.1) is 41.7 Å². The van der Waals surface area contributed by atoms with Crippen LogP contribution < -0.4 is 0 Å². The van der Waals surface area contributed by atoms with Gasteiger partial charge < -0.3 is 0 Å². The van der Waals surface area contributed by atoms with Crippen LogP contribution in [0.3, 0.4) is 0 Å². The molecule has 0 unspecified atom stereocenters. The fourth-order valence-corrected chi connectivity index (χ4v) is 13.4. The Labute approximate surface area is 443 Å². The Kier molecular flexibility index (Phi) is 9.73. The topological polar surface area (TPSA) is 0 Å². The molecule has 2 aliphatic carbocycles. The normalized spacial score (nSPS) is 13.2.